The van der Waals surface area contributed by atoms with Gasteiger partial charge in [0.15, 0.2) is 5.78 Å². The Bertz CT molecular complexity index is 225. The van der Waals surface area contributed by atoms with E-state index in [-0.39, 0.29) is 12.1 Å². The van der Waals surface area contributed by atoms with Gasteiger partial charge in [-0.2, -0.15) is 0 Å². The van der Waals surface area contributed by atoms with Gasteiger partial charge in [-0.3, -0.25) is 9.69 Å². The topological polar surface area (TPSA) is 46.3 Å². The van der Waals surface area contributed by atoms with Gasteiger partial charge >= 0.3 is 0 Å². The third-order valence-electron chi connectivity index (χ3n) is 3.75. The number of Topliss-reactive ketones (excluding diaryl/α,β-unsaturated/α-hetero) is 1. The minimum Gasteiger partial charge on any atom is -0.328 e. The smallest absolute Gasteiger partial charge is 0.153 e. The summed E-state index contributed by atoms with van der Waals surface area (Å²) >= 11 is 0. The standard InChI is InChI=1S/C11H20N2O/c1-13-6-5-9(12)7-10(13)11(14)8-3-2-4-8/h8-10H,2-7,12H2,1H3. The van der Waals surface area contributed by atoms with Crippen molar-refractivity contribution in [1.82, 2.24) is 4.90 Å². The van der Waals surface area contributed by atoms with Crippen LogP contribution in [0.3, 0.4) is 0 Å². The molecule has 0 bridgehead atoms. The Hall–Kier alpha value is -0.410. The molecule has 0 aromatic rings. The van der Waals surface area contributed by atoms with Crippen molar-refractivity contribution in [2.45, 2.75) is 44.2 Å². The zero-order valence-corrected chi connectivity index (χ0v) is 8.91. The van der Waals surface area contributed by atoms with Gasteiger partial charge < -0.3 is 5.73 Å². The van der Waals surface area contributed by atoms with E-state index in [2.05, 4.69) is 4.90 Å². The Morgan fingerprint density at radius 2 is 2.07 bits per heavy atom. The Kier molecular flexibility index (Phi) is 2.88. The van der Waals surface area contributed by atoms with Crippen LogP contribution in [0.5, 0.6) is 0 Å². The molecule has 2 aliphatic rings. The molecule has 0 aromatic carbocycles. The van der Waals surface area contributed by atoms with E-state index < -0.39 is 0 Å². The number of rotatable bonds is 2. The molecule has 1 heterocycles. The van der Waals surface area contributed by atoms with Crippen molar-refractivity contribution in [1.29, 1.82) is 0 Å². The average molecular weight is 196 g/mol. The maximum atomic E-state index is 12.0. The van der Waals surface area contributed by atoms with E-state index in [1.165, 1.54) is 6.42 Å². The highest BCUT2D eigenvalue weighted by Gasteiger charge is 2.35. The summed E-state index contributed by atoms with van der Waals surface area (Å²) in [5, 5.41) is 0. The minimum atomic E-state index is 0.115. The van der Waals surface area contributed by atoms with Gasteiger partial charge in [-0.25, -0.2) is 0 Å². The number of likely N-dealkylation sites (N-methyl/N-ethyl adjacent to an activating group) is 1. The van der Waals surface area contributed by atoms with Crippen molar-refractivity contribution in [3.63, 3.8) is 0 Å². The van der Waals surface area contributed by atoms with Crippen LogP contribution in [0.4, 0.5) is 0 Å². The largest absolute Gasteiger partial charge is 0.328 e. The molecule has 1 saturated carbocycles. The number of hydrogen-bond donors (Lipinski definition) is 1. The van der Waals surface area contributed by atoms with Gasteiger partial charge in [0.2, 0.25) is 0 Å². The van der Waals surface area contributed by atoms with E-state index in [9.17, 15) is 4.79 Å². The summed E-state index contributed by atoms with van der Waals surface area (Å²) in [5.74, 6) is 0.807. The van der Waals surface area contributed by atoms with E-state index in [0.29, 0.717) is 11.7 Å². The lowest BCUT2D eigenvalue weighted by molar-refractivity contribution is -0.131. The Labute approximate surface area is 85.6 Å². The van der Waals surface area contributed by atoms with Gasteiger partial charge in [0.25, 0.3) is 0 Å². The second-order valence-electron chi connectivity index (χ2n) is 4.81. The number of carbonyl (C=O) groups is 1. The third kappa shape index (κ3) is 1.84. The molecule has 80 valence electrons. The van der Waals surface area contributed by atoms with Crippen molar-refractivity contribution in [3.05, 3.63) is 0 Å². The summed E-state index contributed by atoms with van der Waals surface area (Å²) in [4.78, 5) is 14.2. The van der Waals surface area contributed by atoms with Gasteiger partial charge in [0.05, 0.1) is 6.04 Å². The molecular formula is C11H20N2O. The predicted octanol–water partition coefficient (Wildman–Crippen LogP) is 0.777. The fourth-order valence-corrected chi connectivity index (χ4v) is 2.41. The van der Waals surface area contributed by atoms with Gasteiger partial charge in [0, 0.05) is 18.5 Å². The normalized spacial score (nSPS) is 35.3. The summed E-state index contributed by atoms with van der Waals surface area (Å²) in [5.41, 5.74) is 5.91. The molecule has 2 fully saturated rings. The number of nitrogens with two attached hydrogens (primary N) is 1. The molecule has 2 atom stereocenters. The van der Waals surface area contributed by atoms with E-state index in [0.717, 1.165) is 32.2 Å². The number of carbonyl (C=O) groups excluding carboxylic acids is 1. The molecule has 0 aromatic heterocycles. The van der Waals surface area contributed by atoms with Crippen molar-refractivity contribution in [2.24, 2.45) is 11.7 Å². The molecule has 0 amide bonds. The van der Waals surface area contributed by atoms with Gasteiger partial charge in [-0.1, -0.05) is 6.42 Å². The van der Waals surface area contributed by atoms with Crippen LogP contribution in [-0.2, 0) is 4.79 Å². The molecule has 14 heavy (non-hydrogen) atoms. The fourth-order valence-electron chi connectivity index (χ4n) is 2.41. The first kappa shape index (κ1) is 10.1. The zero-order chi connectivity index (χ0) is 10.1. The van der Waals surface area contributed by atoms with Crippen LogP contribution in [-0.4, -0.2) is 36.4 Å². The minimum absolute atomic E-state index is 0.115. The van der Waals surface area contributed by atoms with Crippen LogP contribution in [0.15, 0.2) is 0 Å². The molecule has 3 heteroatoms. The molecule has 2 rings (SSSR count). The maximum absolute atomic E-state index is 12.0. The SMILES string of the molecule is CN1CCC(N)CC1C(=O)C1CCC1. The molecule has 0 spiro atoms. The van der Waals surface area contributed by atoms with Crippen LogP contribution in [0.2, 0.25) is 0 Å². The van der Waals surface area contributed by atoms with E-state index in [1.54, 1.807) is 0 Å². The fraction of sp³-hybridized carbons (Fsp3) is 0.909. The lowest BCUT2D eigenvalue weighted by Crippen LogP contribution is -2.51. The average Bonchev–Trinajstić information content (AvgIpc) is 2.06. The van der Waals surface area contributed by atoms with Gasteiger partial charge in [0.1, 0.15) is 0 Å². The van der Waals surface area contributed by atoms with Crippen LogP contribution >= 0.6 is 0 Å². The van der Waals surface area contributed by atoms with Crippen LogP contribution in [0, 0.1) is 5.92 Å². The van der Waals surface area contributed by atoms with Crippen LogP contribution in [0.1, 0.15) is 32.1 Å². The number of nitrogens with zero attached hydrogens (tertiary/aromatic N) is 1. The summed E-state index contributed by atoms with van der Waals surface area (Å²) in [6.07, 6.45) is 5.35. The molecular weight excluding hydrogens is 176 g/mol. The lowest BCUT2D eigenvalue weighted by Gasteiger charge is -2.38. The Balaban J connectivity index is 1.96. The number of hydrogen-bond acceptors (Lipinski definition) is 3. The molecule has 2 N–H and O–H groups in total. The number of piperidine rings is 1. The van der Waals surface area contributed by atoms with Crippen molar-refractivity contribution in [3.8, 4) is 0 Å². The third-order valence-corrected chi connectivity index (χ3v) is 3.75. The van der Waals surface area contributed by atoms with Crippen LogP contribution < -0.4 is 5.73 Å². The second kappa shape index (κ2) is 3.99. The molecule has 1 saturated heterocycles. The van der Waals surface area contributed by atoms with Gasteiger partial charge in [-0.15, -0.1) is 0 Å². The molecule has 2 unspecified atom stereocenters. The summed E-state index contributed by atoms with van der Waals surface area (Å²) in [6, 6.07) is 0.351. The predicted molar refractivity (Wildman–Crippen MR) is 56.0 cm³/mol. The summed E-state index contributed by atoms with van der Waals surface area (Å²) < 4.78 is 0. The highest BCUT2D eigenvalue weighted by molar-refractivity contribution is 5.87. The molecule has 0 radical (unpaired) electrons. The number of ketones is 1. The second-order valence-corrected chi connectivity index (χ2v) is 4.81. The van der Waals surface area contributed by atoms with Crippen LogP contribution in [0.25, 0.3) is 0 Å². The highest BCUT2D eigenvalue weighted by Crippen LogP contribution is 2.31. The Morgan fingerprint density at radius 1 is 1.36 bits per heavy atom. The maximum Gasteiger partial charge on any atom is 0.153 e. The van der Waals surface area contributed by atoms with Crippen molar-refractivity contribution < 1.29 is 4.79 Å². The first-order valence-corrected chi connectivity index (χ1v) is 5.68. The quantitative estimate of drug-likeness (QED) is 0.710. The highest BCUT2D eigenvalue weighted by atomic mass is 16.1. The van der Waals surface area contributed by atoms with Crippen molar-refractivity contribution in [2.75, 3.05) is 13.6 Å². The number of likely N-dealkylation sites (tertiary alicyclic amines) is 1. The summed E-state index contributed by atoms with van der Waals surface area (Å²) in [7, 11) is 2.05. The lowest BCUT2D eigenvalue weighted by atomic mass is 9.77. The van der Waals surface area contributed by atoms with E-state index >= 15 is 0 Å². The summed E-state index contributed by atoms with van der Waals surface area (Å²) in [6.45, 7) is 0.976. The molecule has 3 nitrogen and oxygen atoms in total. The Morgan fingerprint density at radius 3 is 2.64 bits per heavy atom. The first-order chi connectivity index (χ1) is 6.68. The molecule has 1 aliphatic carbocycles. The van der Waals surface area contributed by atoms with E-state index in [1.807, 2.05) is 7.05 Å². The van der Waals surface area contributed by atoms with Crippen molar-refractivity contribution >= 4 is 5.78 Å². The van der Waals surface area contributed by atoms with E-state index in [4.69, 9.17) is 5.73 Å². The first-order valence-electron chi connectivity index (χ1n) is 5.68. The monoisotopic (exact) mass is 196 g/mol. The molecule has 1 aliphatic heterocycles. The van der Waals surface area contributed by atoms with Gasteiger partial charge in [-0.05, 0) is 32.7 Å². The zero-order valence-electron chi connectivity index (χ0n) is 8.91.